The van der Waals surface area contributed by atoms with Gasteiger partial charge in [-0.15, -0.1) is 5.10 Å². The van der Waals surface area contributed by atoms with E-state index in [0.29, 0.717) is 35.5 Å². The highest BCUT2D eigenvalue weighted by Crippen LogP contribution is 2.35. The van der Waals surface area contributed by atoms with Crippen LogP contribution in [0.15, 0.2) is 36.4 Å². The maximum atomic E-state index is 13.8. The fourth-order valence-electron chi connectivity index (χ4n) is 3.86. The van der Waals surface area contributed by atoms with E-state index in [1.54, 1.807) is 39.1 Å². The van der Waals surface area contributed by atoms with Gasteiger partial charge in [-0.1, -0.05) is 23.8 Å². The molecule has 1 atom stereocenters. The summed E-state index contributed by atoms with van der Waals surface area (Å²) in [5.41, 5.74) is 1.75. The number of carboxylic acid groups (broad SMARTS) is 1. The molecule has 180 valence electrons. The van der Waals surface area contributed by atoms with Gasteiger partial charge in [0.2, 0.25) is 10.0 Å². The molecule has 0 bridgehead atoms. The minimum absolute atomic E-state index is 0.152. The highest BCUT2D eigenvalue weighted by molar-refractivity contribution is 7.93. The lowest BCUT2D eigenvalue weighted by Gasteiger charge is -2.27. The number of hydrogen-bond acceptors (Lipinski definition) is 6. The number of halogens is 1. The minimum atomic E-state index is -3.49. The number of carbonyl (C=O) groups is 1. The number of aryl methyl sites for hydroxylation is 2. The molecule has 0 radical (unpaired) electrons. The van der Waals surface area contributed by atoms with Gasteiger partial charge in [-0.2, -0.15) is 0 Å². The van der Waals surface area contributed by atoms with E-state index < -0.39 is 33.2 Å². The SMILES string of the molecule is Cc1nc(-c2nnn(C)c2N(C(=O)O)C(C)c2cccc(F)c2)ccc1NS(=O)(=O)C1CCC1. The molecule has 0 aliphatic heterocycles. The van der Waals surface area contributed by atoms with E-state index in [1.807, 2.05) is 0 Å². The van der Waals surface area contributed by atoms with Crippen LogP contribution in [0.25, 0.3) is 11.4 Å². The predicted octanol–water partition coefficient (Wildman–Crippen LogP) is 3.86. The van der Waals surface area contributed by atoms with Crippen LogP contribution in [-0.4, -0.2) is 44.8 Å². The summed E-state index contributed by atoms with van der Waals surface area (Å²) < 4.78 is 42.7. The third-order valence-electron chi connectivity index (χ3n) is 6.02. The average molecular weight is 489 g/mol. The largest absolute Gasteiger partial charge is 0.465 e. The Bertz CT molecular complexity index is 1340. The van der Waals surface area contributed by atoms with Crippen LogP contribution in [-0.2, 0) is 17.1 Å². The van der Waals surface area contributed by atoms with Crippen LogP contribution in [0.3, 0.4) is 0 Å². The first kappa shape index (κ1) is 23.6. The monoisotopic (exact) mass is 488 g/mol. The summed E-state index contributed by atoms with van der Waals surface area (Å²) in [6, 6.07) is 8.09. The summed E-state index contributed by atoms with van der Waals surface area (Å²) in [5, 5.41) is 17.7. The van der Waals surface area contributed by atoms with E-state index in [9.17, 15) is 22.7 Å². The van der Waals surface area contributed by atoms with Gasteiger partial charge >= 0.3 is 6.09 Å². The standard InChI is InChI=1S/C22H25FN6O4S/c1-13-18(26-34(32,33)17-8-5-9-17)10-11-19(24-13)20-21(28(3)27-25-20)29(22(30)31)14(2)15-6-4-7-16(23)12-15/h4,6-7,10-12,14,17,26H,5,8-9H2,1-3H3,(H,30,31). The fourth-order valence-corrected chi connectivity index (χ4v) is 5.50. The van der Waals surface area contributed by atoms with Gasteiger partial charge in [0.25, 0.3) is 0 Å². The molecule has 12 heteroatoms. The lowest BCUT2D eigenvalue weighted by molar-refractivity contribution is 0.199. The van der Waals surface area contributed by atoms with E-state index in [4.69, 9.17) is 0 Å². The molecule has 1 amide bonds. The number of benzene rings is 1. The Kier molecular flexibility index (Phi) is 6.26. The van der Waals surface area contributed by atoms with Crippen molar-refractivity contribution < 1.29 is 22.7 Å². The van der Waals surface area contributed by atoms with Crippen molar-refractivity contribution in [2.75, 3.05) is 9.62 Å². The Hall–Kier alpha value is -3.54. The number of sulfonamides is 1. The van der Waals surface area contributed by atoms with Crippen LogP contribution in [0.1, 0.15) is 43.5 Å². The van der Waals surface area contributed by atoms with E-state index in [0.717, 1.165) is 11.3 Å². The zero-order valence-electron chi connectivity index (χ0n) is 18.9. The molecule has 4 rings (SSSR count). The second-order valence-corrected chi connectivity index (χ2v) is 10.3. The highest BCUT2D eigenvalue weighted by atomic mass is 32.2. The number of hydrogen-bond donors (Lipinski definition) is 2. The highest BCUT2D eigenvalue weighted by Gasteiger charge is 2.33. The molecule has 0 spiro atoms. The molecule has 34 heavy (non-hydrogen) atoms. The van der Waals surface area contributed by atoms with Crippen LogP contribution < -0.4 is 9.62 Å². The van der Waals surface area contributed by atoms with Crippen molar-refractivity contribution in [3.8, 4) is 11.4 Å². The first-order valence-corrected chi connectivity index (χ1v) is 12.3. The van der Waals surface area contributed by atoms with Crippen molar-refractivity contribution in [1.29, 1.82) is 0 Å². The molecular weight excluding hydrogens is 463 g/mol. The molecule has 1 aliphatic carbocycles. The number of anilines is 2. The van der Waals surface area contributed by atoms with Crippen molar-refractivity contribution in [3.05, 3.63) is 53.5 Å². The lowest BCUT2D eigenvalue weighted by atomic mass is 10.0. The Morgan fingerprint density at radius 1 is 1.29 bits per heavy atom. The average Bonchev–Trinajstić information content (AvgIpc) is 3.08. The van der Waals surface area contributed by atoms with E-state index >= 15 is 0 Å². The topological polar surface area (TPSA) is 130 Å². The predicted molar refractivity (Wildman–Crippen MR) is 124 cm³/mol. The number of nitrogens with zero attached hydrogens (tertiary/aromatic N) is 5. The van der Waals surface area contributed by atoms with Crippen molar-refractivity contribution in [1.82, 2.24) is 20.0 Å². The maximum Gasteiger partial charge on any atom is 0.413 e. The lowest BCUT2D eigenvalue weighted by Crippen LogP contribution is -2.34. The van der Waals surface area contributed by atoms with Crippen molar-refractivity contribution >= 4 is 27.6 Å². The van der Waals surface area contributed by atoms with Gasteiger partial charge in [-0.05, 0) is 56.5 Å². The van der Waals surface area contributed by atoms with Crippen LogP contribution in [0.5, 0.6) is 0 Å². The fraction of sp³-hybridized carbons (Fsp3) is 0.364. The Labute approximate surface area is 196 Å². The van der Waals surface area contributed by atoms with E-state index in [2.05, 4.69) is 20.0 Å². The number of rotatable bonds is 7. The molecule has 1 unspecified atom stereocenters. The second kappa shape index (κ2) is 9.01. The van der Waals surface area contributed by atoms with Gasteiger partial charge in [-0.3, -0.25) is 9.62 Å². The molecule has 1 aromatic carbocycles. The summed E-state index contributed by atoms with van der Waals surface area (Å²) in [6.45, 7) is 3.29. The molecule has 2 heterocycles. The molecule has 1 fully saturated rings. The molecule has 1 aliphatic rings. The zero-order valence-corrected chi connectivity index (χ0v) is 19.8. The van der Waals surface area contributed by atoms with Gasteiger partial charge in [-0.25, -0.2) is 27.3 Å². The van der Waals surface area contributed by atoms with Crippen LogP contribution >= 0.6 is 0 Å². The Balaban J connectivity index is 1.70. The van der Waals surface area contributed by atoms with Crippen LogP contribution in [0.4, 0.5) is 20.7 Å². The summed E-state index contributed by atoms with van der Waals surface area (Å²) in [7, 11) is -1.94. The zero-order chi connectivity index (χ0) is 24.6. The van der Waals surface area contributed by atoms with E-state index in [-0.39, 0.29) is 11.5 Å². The first-order valence-electron chi connectivity index (χ1n) is 10.8. The smallest absolute Gasteiger partial charge is 0.413 e. The van der Waals surface area contributed by atoms with Gasteiger partial charge in [0.15, 0.2) is 11.5 Å². The van der Waals surface area contributed by atoms with Crippen LogP contribution in [0.2, 0.25) is 0 Å². The van der Waals surface area contributed by atoms with E-state index in [1.165, 1.54) is 22.9 Å². The maximum absolute atomic E-state index is 13.8. The van der Waals surface area contributed by atoms with Gasteiger partial charge in [0, 0.05) is 7.05 Å². The minimum Gasteiger partial charge on any atom is -0.465 e. The van der Waals surface area contributed by atoms with Crippen molar-refractivity contribution in [2.24, 2.45) is 7.05 Å². The third-order valence-corrected chi connectivity index (χ3v) is 7.88. The summed E-state index contributed by atoms with van der Waals surface area (Å²) in [6.07, 6.45) is 0.894. The molecule has 10 nitrogen and oxygen atoms in total. The molecular formula is C22H25FN6O4S. The van der Waals surface area contributed by atoms with Crippen LogP contribution in [0, 0.1) is 12.7 Å². The molecule has 0 saturated heterocycles. The Morgan fingerprint density at radius 2 is 2.03 bits per heavy atom. The molecule has 3 aromatic rings. The van der Waals surface area contributed by atoms with Gasteiger partial charge < -0.3 is 5.11 Å². The molecule has 2 N–H and O–H groups in total. The molecule has 1 saturated carbocycles. The number of aromatic nitrogens is 4. The third kappa shape index (κ3) is 4.45. The normalized spacial score (nSPS) is 14.9. The number of pyridine rings is 1. The summed E-state index contributed by atoms with van der Waals surface area (Å²) >= 11 is 0. The van der Waals surface area contributed by atoms with Crippen molar-refractivity contribution in [3.63, 3.8) is 0 Å². The summed E-state index contributed by atoms with van der Waals surface area (Å²) in [5.74, 6) is -0.325. The first-order chi connectivity index (χ1) is 16.1. The number of amides is 1. The number of nitrogens with one attached hydrogen (secondary N) is 1. The molecule has 2 aromatic heterocycles. The summed E-state index contributed by atoms with van der Waals surface area (Å²) in [4.78, 5) is 17.8. The van der Waals surface area contributed by atoms with Crippen molar-refractivity contribution in [2.45, 2.75) is 44.4 Å². The quantitative estimate of drug-likeness (QED) is 0.516. The van der Waals surface area contributed by atoms with Gasteiger partial charge in [0.1, 0.15) is 5.82 Å². The second-order valence-electron chi connectivity index (χ2n) is 8.30. The Morgan fingerprint density at radius 3 is 2.62 bits per heavy atom. The van der Waals surface area contributed by atoms with Gasteiger partial charge in [0.05, 0.1) is 28.4 Å².